The number of carbonyl (C=O) groups is 1. The Bertz CT molecular complexity index is 789. The van der Waals surface area contributed by atoms with Crippen molar-refractivity contribution < 1.29 is 9.53 Å². The molecule has 3 rings (SSSR count). The summed E-state index contributed by atoms with van der Waals surface area (Å²) in [6, 6.07) is 5.91. The molecule has 116 valence electrons. The standard InChI is InChI=1S/C18H14O2S3/c1-11(13-4-6-21-9-13)15-8-16(18(19)20-3)23-17(15)12(2)14-5-7-22-10-14/h4-10H,1-2H2,3H3. The van der Waals surface area contributed by atoms with Crippen LogP contribution in [0, 0.1) is 0 Å². The molecule has 0 bridgehead atoms. The molecule has 0 unspecified atom stereocenters. The third-order valence-corrected chi connectivity index (χ3v) is 6.00. The molecule has 0 saturated heterocycles. The lowest BCUT2D eigenvalue weighted by atomic mass is 9.98. The number of thiophene rings is 3. The molecule has 0 atom stereocenters. The van der Waals surface area contributed by atoms with Crippen molar-refractivity contribution >= 4 is 51.1 Å². The molecule has 0 aliphatic rings. The second-order valence-electron chi connectivity index (χ2n) is 4.83. The average Bonchev–Trinajstić information content (AvgIpc) is 3.33. The molecule has 0 radical (unpaired) electrons. The van der Waals surface area contributed by atoms with Crippen LogP contribution in [-0.2, 0) is 4.74 Å². The van der Waals surface area contributed by atoms with Crippen molar-refractivity contribution in [2.24, 2.45) is 0 Å². The first kappa shape index (κ1) is 15.9. The first-order valence-electron chi connectivity index (χ1n) is 6.77. The summed E-state index contributed by atoms with van der Waals surface area (Å²) in [7, 11) is 1.39. The summed E-state index contributed by atoms with van der Waals surface area (Å²) in [6.45, 7) is 8.43. The van der Waals surface area contributed by atoms with Crippen molar-refractivity contribution in [2.75, 3.05) is 7.11 Å². The van der Waals surface area contributed by atoms with Gasteiger partial charge in [0, 0.05) is 10.4 Å². The maximum Gasteiger partial charge on any atom is 0.348 e. The molecule has 0 aromatic carbocycles. The van der Waals surface area contributed by atoms with Gasteiger partial charge in [-0.3, -0.25) is 0 Å². The fourth-order valence-electron chi connectivity index (χ4n) is 2.20. The largest absolute Gasteiger partial charge is 0.465 e. The van der Waals surface area contributed by atoms with Crippen molar-refractivity contribution in [3.05, 3.63) is 79.3 Å². The Morgan fingerprint density at radius 2 is 1.65 bits per heavy atom. The van der Waals surface area contributed by atoms with E-state index in [-0.39, 0.29) is 5.97 Å². The van der Waals surface area contributed by atoms with Crippen LogP contribution in [0.3, 0.4) is 0 Å². The van der Waals surface area contributed by atoms with Gasteiger partial charge in [0.15, 0.2) is 0 Å². The van der Waals surface area contributed by atoms with E-state index in [1.165, 1.54) is 18.4 Å². The fourth-order valence-corrected chi connectivity index (χ4v) is 4.64. The Balaban J connectivity index is 2.09. The van der Waals surface area contributed by atoms with Gasteiger partial charge in [0.2, 0.25) is 0 Å². The number of esters is 1. The topological polar surface area (TPSA) is 26.3 Å². The minimum Gasteiger partial charge on any atom is -0.465 e. The van der Waals surface area contributed by atoms with E-state index in [9.17, 15) is 4.79 Å². The van der Waals surface area contributed by atoms with Gasteiger partial charge in [0.25, 0.3) is 0 Å². The summed E-state index contributed by atoms with van der Waals surface area (Å²) < 4.78 is 4.86. The minimum atomic E-state index is -0.335. The zero-order valence-electron chi connectivity index (χ0n) is 12.5. The number of methoxy groups -OCH3 is 1. The van der Waals surface area contributed by atoms with Gasteiger partial charge >= 0.3 is 5.97 Å². The van der Waals surface area contributed by atoms with Crippen LogP contribution in [0.25, 0.3) is 11.1 Å². The van der Waals surface area contributed by atoms with E-state index >= 15 is 0 Å². The van der Waals surface area contributed by atoms with E-state index in [1.54, 1.807) is 22.7 Å². The fraction of sp³-hybridized carbons (Fsp3) is 0.0556. The molecule has 0 fully saturated rings. The predicted octanol–water partition coefficient (Wildman–Crippen LogP) is 5.78. The number of carbonyl (C=O) groups excluding carboxylic acids is 1. The molecule has 0 saturated carbocycles. The third-order valence-electron chi connectivity index (χ3n) is 3.46. The van der Waals surface area contributed by atoms with E-state index in [0.29, 0.717) is 4.88 Å². The highest BCUT2D eigenvalue weighted by Crippen LogP contribution is 2.38. The maximum absolute atomic E-state index is 11.9. The summed E-state index contributed by atoms with van der Waals surface area (Å²) in [5, 5.41) is 8.14. The predicted molar refractivity (Wildman–Crippen MR) is 101 cm³/mol. The molecule has 3 heterocycles. The van der Waals surface area contributed by atoms with Crippen molar-refractivity contribution in [1.82, 2.24) is 0 Å². The van der Waals surface area contributed by atoms with E-state index in [2.05, 4.69) is 23.9 Å². The monoisotopic (exact) mass is 358 g/mol. The molecule has 23 heavy (non-hydrogen) atoms. The molecule has 0 N–H and O–H groups in total. The zero-order valence-corrected chi connectivity index (χ0v) is 14.9. The van der Waals surface area contributed by atoms with Gasteiger partial charge in [0.1, 0.15) is 4.88 Å². The summed E-state index contributed by atoms with van der Waals surface area (Å²) in [5.74, 6) is -0.335. The minimum absolute atomic E-state index is 0.335. The van der Waals surface area contributed by atoms with Crippen LogP contribution in [0.4, 0.5) is 0 Å². The van der Waals surface area contributed by atoms with Crippen LogP contribution in [0.15, 0.2) is 52.9 Å². The summed E-state index contributed by atoms with van der Waals surface area (Å²) >= 11 is 4.64. The summed E-state index contributed by atoms with van der Waals surface area (Å²) in [6.07, 6.45) is 0. The SMILES string of the molecule is C=C(c1ccsc1)c1cc(C(=O)OC)sc1C(=C)c1ccsc1. The van der Waals surface area contributed by atoms with Gasteiger partial charge < -0.3 is 4.74 Å². The Morgan fingerprint density at radius 1 is 1.04 bits per heavy atom. The van der Waals surface area contributed by atoms with Crippen molar-refractivity contribution in [3.8, 4) is 0 Å². The Morgan fingerprint density at radius 3 is 2.17 bits per heavy atom. The molecule has 2 nitrogen and oxygen atoms in total. The lowest BCUT2D eigenvalue weighted by Gasteiger charge is -2.07. The smallest absolute Gasteiger partial charge is 0.348 e. The summed E-state index contributed by atoms with van der Waals surface area (Å²) in [5.41, 5.74) is 4.85. The molecule has 0 aliphatic carbocycles. The van der Waals surface area contributed by atoms with Gasteiger partial charge in [-0.25, -0.2) is 4.79 Å². The van der Waals surface area contributed by atoms with Crippen LogP contribution in [0.5, 0.6) is 0 Å². The molecule has 0 aliphatic heterocycles. The quantitative estimate of drug-likeness (QED) is 0.540. The molecule has 0 amide bonds. The zero-order chi connectivity index (χ0) is 16.4. The van der Waals surface area contributed by atoms with Crippen LogP contribution in [-0.4, -0.2) is 13.1 Å². The van der Waals surface area contributed by atoms with Crippen LogP contribution >= 0.6 is 34.0 Å². The lowest BCUT2D eigenvalue weighted by Crippen LogP contribution is -1.97. The first-order valence-corrected chi connectivity index (χ1v) is 9.48. The Hall–Kier alpha value is -1.95. The highest BCUT2D eigenvalue weighted by atomic mass is 32.1. The number of hydrogen-bond acceptors (Lipinski definition) is 5. The highest BCUT2D eigenvalue weighted by Gasteiger charge is 2.20. The van der Waals surface area contributed by atoms with Crippen molar-refractivity contribution in [2.45, 2.75) is 0 Å². The van der Waals surface area contributed by atoms with E-state index in [0.717, 1.165) is 32.7 Å². The molecule has 5 heteroatoms. The third kappa shape index (κ3) is 3.08. The van der Waals surface area contributed by atoms with Gasteiger partial charge in [-0.15, -0.1) is 11.3 Å². The average molecular weight is 359 g/mol. The van der Waals surface area contributed by atoms with Gasteiger partial charge in [-0.2, -0.15) is 22.7 Å². The molecule has 3 aromatic rings. The second kappa shape index (κ2) is 6.66. The molecular formula is C18H14O2S3. The number of ether oxygens (including phenoxy) is 1. The van der Waals surface area contributed by atoms with E-state index in [4.69, 9.17) is 4.74 Å². The summed E-state index contributed by atoms with van der Waals surface area (Å²) in [4.78, 5) is 13.4. The maximum atomic E-state index is 11.9. The van der Waals surface area contributed by atoms with Crippen molar-refractivity contribution in [1.29, 1.82) is 0 Å². The van der Waals surface area contributed by atoms with E-state index < -0.39 is 0 Å². The number of hydrogen-bond donors (Lipinski definition) is 0. The van der Waals surface area contributed by atoms with E-state index in [1.807, 2.05) is 29.0 Å². The highest BCUT2D eigenvalue weighted by molar-refractivity contribution is 7.15. The lowest BCUT2D eigenvalue weighted by molar-refractivity contribution is 0.0606. The normalized spacial score (nSPS) is 10.5. The number of rotatable bonds is 5. The second-order valence-corrected chi connectivity index (χ2v) is 7.44. The Kier molecular flexibility index (Phi) is 4.61. The molecular weight excluding hydrogens is 344 g/mol. The van der Waals surface area contributed by atoms with Gasteiger partial charge in [-0.05, 0) is 62.0 Å². The van der Waals surface area contributed by atoms with Crippen molar-refractivity contribution in [3.63, 3.8) is 0 Å². The Labute approximate surface area is 147 Å². The van der Waals surface area contributed by atoms with Crippen LogP contribution < -0.4 is 0 Å². The van der Waals surface area contributed by atoms with Crippen LogP contribution in [0.1, 0.15) is 31.2 Å². The van der Waals surface area contributed by atoms with Gasteiger partial charge in [0.05, 0.1) is 7.11 Å². The van der Waals surface area contributed by atoms with Crippen LogP contribution in [0.2, 0.25) is 0 Å². The molecule has 0 spiro atoms. The van der Waals surface area contributed by atoms with Gasteiger partial charge in [-0.1, -0.05) is 13.2 Å². The first-order chi connectivity index (χ1) is 11.1. The molecule has 3 aromatic heterocycles.